The summed E-state index contributed by atoms with van der Waals surface area (Å²) in [5, 5.41) is 2.84. The minimum absolute atomic E-state index is 0.138. The Balaban J connectivity index is 1.29. The molecule has 1 amide bonds. The number of anilines is 1. The lowest BCUT2D eigenvalue weighted by Gasteiger charge is -2.58. The van der Waals surface area contributed by atoms with E-state index in [9.17, 15) is 9.59 Å². The third-order valence-electron chi connectivity index (χ3n) is 9.84. The summed E-state index contributed by atoms with van der Waals surface area (Å²) in [5.41, 5.74) is 2.69. The highest BCUT2D eigenvalue weighted by Crippen LogP contribution is 2.66. The first kappa shape index (κ1) is 21.7. The number of carbonyl (C=O) groups is 2. The first-order valence-electron chi connectivity index (χ1n) is 12.6. The number of hydrogen-bond donors (Lipinski definition) is 1. The molecule has 3 saturated carbocycles. The van der Waals surface area contributed by atoms with Gasteiger partial charge in [-0.2, -0.15) is 0 Å². The molecule has 0 saturated heterocycles. The summed E-state index contributed by atoms with van der Waals surface area (Å²) in [4.78, 5) is 24.7. The molecule has 172 valence electrons. The second kappa shape index (κ2) is 8.04. The third kappa shape index (κ3) is 3.50. The van der Waals surface area contributed by atoms with Gasteiger partial charge in [-0.15, -0.1) is 0 Å². The van der Waals surface area contributed by atoms with Crippen molar-refractivity contribution in [3.63, 3.8) is 0 Å². The fraction of sp³-hybridized carbons (Fsp3) is 0.643. The van der Waals surface area contributed by atoms with Gasteiger partial charge in [0.05, 0.1) is 0 Å². The van der Waals surface area contributed by atoms with Crippen molar-refractivity contribution in [1.29, 1.82) is 0 Å². The van der Waals surface area contributed by atoms with Crippen LogP contribution in [0, 0.1) is 34.5 Å². The van der Waals surface area contributed by atoms with E-state index < -0.39 is 0 Å². The molecule has 4 heteroatoms. The minimum Gasteiger partial charge on any atom is -0.442 e. The molecule has 4 aliphatic rings. The average molecular weight is 436 g/mol. The summed E-state index contributed by atoms with van der Waals surface area (Å²) < 4.78 is 5.79. The van der Waals surface area contributed by atoms with Crippen molar-refractivity contribution in [2.45, 2.75) is 78.2 Å². The molecule has 32 heavy (non-hydrogen) atoms. The number of ketones is 1. The lowest BCUT2D eigenvalue weighted by atomic mass is 9.46. The van der Waals surface area contributed by atoms with Gasteiger partial charge in [0.25, 0.3) is 0 Å². The van der Waals surface area contributed by atoms with Gasteiger partial charge in [-0.3, -0.25) is 10.1 Å². The minimum atomic E-state index is -0.370. The number of benzene rings is 1. The standard InChI is InChI=1S/C28H37NO3/c1-18(30)23-11-12-24-22-10-9-19-17-21(32-26(31)29-20-7-5-4-6-8-20)13-15-27(19,2)25(22)14-16-28(23,24)3/h4-8,17,21-25H,9-16H2,1-3H3,(H,29,31)/t21-,22-,23+,24-,25-,27-,28+/m0/s1. The number of ether oxygens (including phenoxy) is 1. The van der Waals surface area contributed by atoms with Crippen LogP contribution in [0.4, 0.5) is 10.5 Å². The van der Waals surface area contributed by atoms with E-state index >= 15 is 0 Å². The number of allylic oxidation sites excluding steroid dienone is 1. The Morgan fingerprint density at radius 1 is 0.969 bits per heavy atom. The predicted octanol–water partition coefficient (Wildman–Crippen LogP) is 6.77. The summed E-state index contributed by atoms with van der Waals surface area (Å²) in [6.45, 7) is 6.69. The van der Waals surface area contributed by atoms with E-state index in [1.165, 1.54) is 31.3 Å². The fourth-order valence-corrected chi connectivity index (χ4v) is 8.26. The third-order valence-corrected chi connectivity index (χ3v) is 9.84. The maximum absolute atomic E-state index is 12.4. The normalized spacial score (nSPS) is 40.3. The van der Waals surface area contributed by atoms with Crippen molar-refractivity contribution in [2.75, 3.05) is 5.32 Å². The lowest BCUT2D eigenvalue weighted by molar-refractivity contribution is -0.127. The Morgan fingerprint density at radius 3 is 2.50 bits per heavy atom. The molecule has 1 aromatic carbocycles. The summed E-state index contributed by atoms with van der Waals surface area (Å²) in [5.74, 6) is 2.80. The van der Waals surface area contributed by atoms with Crippen LogP contribution in [-0.4, -0.2) is 18.0 Å². The monoisotopic (exact) mass is 435 g/mol. The predicted molar refractivity (Wildman–Crippen MR) is 126 cm³/mol. The first-order chi connectivity index (χ1) is 15.3. The molecular weight excluding hydrogens is 398 g/mol. The quantitative estimate of drug-likeness (QED) is 0.533. The zero-order valence-electron chi connectivity index (χ0n) is 19.7. The molecule has 5 rings (SSSR count). The van der Waals surface area contributed by atoms with Crippen LogP contribution < -0.4 is 5.32 Å². The van der Waals surface area contributed by atoms with Gasteiger partial charge in [0.15, 0.2) is 0 Å². The van der Waals surface area contributed by atoms with Crippen LogP contribution in [-0.2, 0) is 9.53 Å². The molecular formula is C28H37NO3. The molecule has 0 aliphatic heterocycles. The van der Waals surface area contributed by atoms with Crippen molar-refractivity contribution in [1.82, 2.24) is 0 Å². The Bertz CT molecular complexity index is 924. The van der Waals surface area contributed by atoms with Crippen LogP contribution >= 0.6 is 0 Å². The van der Waals surface area contributed by atoms with Crippen LogP contribution in [0.5, 0.6) is 0 Å². The number of nitrogens with one attached hydrogen (secondary N) is 1. The van der Waals surface area contributed by atoms with Gasteiger partial charge in [0.2, 0.25) is 0 Å². The number of amides is 1. The van der Waals surface area contributed by atoms with Crippen LogP contribution in [0.25, 0.3) is 0 Å². The van der Waals surface area contributed by atoms with Crippen molar-refractivity contribution in [2.24, 2.45) is 34.5 Å². The number of para-hydroxylation sites is 1. The second-order valence-corrected chi connectivity index (χ2v) is 11.3. The SMILES string of the molecule is CC(=O)[C@H]1CC[C@H]2[C@@H]3CCC4=C[C@@H](OC(=O)Nc5ccccc5)CC[C@]4(C)[C@H]3CC[C@]12C. The number of carbonyl (C=O) groups excluding carboxylic acids is 2. The van der Waals surface area contributed by atoms with Gasteiger partial charge in [-0.1, -0.05) is 37.6 Å². The Labute approximate surface area is 192 Å². The summed E-state index contributed by atoms with van der Waals surface area (Å²) in [6, 6.07) is 9.48. The summed E-state index contributed by atoms with van der Waals surface area (Å²) in [7, 11) is 0. The van der Waals surface area contributed by atoms with E-state index in [0.29, 0.717) is 17.6 Å². The van der Waals surface area contributed by atoms with E-state index in [2.05, 4.69) is 25.2 Å². The van der Waals surface area contributed by atoms with Crippen molar-refractivity contribution in [3.8, 4) is 0 Å². The topological polar surface area (TPSA) is 55.4 Å². The van der Waals surface area contributed by atoms with Crippen molar-refractivity contribution < 1.29 is 14.3 Å². The van der Waals surface area contributed by atoms with Gasteiger partial charge >= 0.3 is 6.09 Å². The van der Waals surface area contributed by atoms with E-state index in [1.807, 2.05) is 37.3 Å². The highest BCUT2D eigenvalue weighted by molar-refractivity contribution is 5.84. The second-order valence-electron chi connectivity index (χ2n) is 11.3. The fourth-order valence-electron chi connectivity index (χ4n) is 8.26. The molecule has 7 atom stereocenters. The first-order valence-corrected chi connectivity index (χ1v) is 12.6. The van der Waals surface area contributed by atoms with E-state index in [4.69, 9.17) is 4.74 Å². The number of rotatable bonds is 3. The van der Waals surface area contributed by atoms with Gasteiger partial charge < -0.3 is 4.74 Å². The molecule has 0 spiro atoms. The molecule has 0 radical (unpaired) electrons. The molecule has 0 aromatic heterocycles. The van der Waals surface area contributed by atoms with E-state index in [1.54, 1.807) is 0 Å². The number of hydrogen-bond acceptors (Lipinski definition) is 3. The number of fused-ring (bicyclic) bond motifs is 5. The van der Waals surface area contributed by atoms with Crippen molar-refractivity contribution >= 4 is 17.6 Å². The molecule has 4 aliphatic carbocycles. The molecule has 0 heterocycles. The Kier molecular flexibility index (Phi) is 5.46. The van der Waals surface area contributed by atoms with Crippen LogP contribution in [0.1, 0.15) is 72.1 Å². The lowest BCUT2D eigenvalue weighted by Crippen LogP contribution is -2.51. The van der Waals surface area contributed by atoms with E-state index in [-0.39, 0.29) is 28.9 Å². The van der Waals surface area contributed by atoms with Gasteiger partial charge in [0, 0.05) is 11.6 Å². The maximum atomic E-state index is 12.4. The molecule has 1 N–H and O–H groups in total. The Hall–Kier alpha value is -2.10. The zero-order chi connectivity index (χ0) is 22.5. The highest BCUT2D eigenvalue weighted by atomic mass is 16.6. The molecule has 1 aromatic rings. The smallest absolute Gasteiger partial charge is 0.412 e. The van der Waals surface area contributed by atoms with Gasteiger partial charge in [0.1, 0.15) is 11.9 Å². The van der Waals surface area contributed by atoms with Crippen LogP contribution in [0.15, 0.2) is 42.0 Å². The van der Waals surface area contributed by atoms with Gasteiger partial charge in [-0.25, -0.2) is 4.79 Å². The number of Topliss-reactive ketones (excluding diaryl/α,β-unsaturated/α-hetero) is 1. The molecule has 4 nitrogen and oxygen atoms in total. The summed E-state index contributed by atoms with van der Waals surface area (Å²) in [6.07, 6.45) is 10.8. The van der Waals surface area contributed by atoms with Crippen LogP contribution in [0.3, 0.4) is 0 Å². The van der Waals surface area contributed by atoms with E-state index in [0.717, 1.165) is 37.3 Å². The summed E-state index contributed by atoms with van der Waals surface area (Å²) >= 11 is 0. The average Bonchev–Trinajstić information content (AvgIpc) is 3.12. The van der Waals surface area contributed by atoms with Crippen molar-refractivity contribution in [3.05, 3.63) is 42.0 Å². The maximum Gasteiger partial charge on any atom is 0.412 e. The highest BCUT2D eigenvalue weighted by Gasteiger charge is 2.59. The zero-order valence-corrected chi connectivity index (χ0v) is 19.7. The molecule has 0 unspecified atom stereocenters. The van der Waals surface area contributed by atoms with Crippen LogP contribution in [0.2, 0.25) is 0 Å². The van der Waals surface area contributed by atoms with Gasteiger partial charge in [-0.05, 0) is 105 Å². The largest absolute Gasteiger partial charge is 0.442 e. The molecule has 3 fully saturated rings. The Morgan fingerprint density at radius 2 is 1.75 bits per heavy atom. The molecule has 0 bridgehead atoms.